The molecule has 0 bridgehead atoms. The number of rotatable bonds is 5. The second-order valence-electron chi connectivity index (χ2n) is 4.54. The van der Waals surface area contributed by atoms with Crippen molar-refractivity contribution in [2.24, 2.45) is 5.92 Å². The summed E-state index contributed by atoms with van der Waals surface area (Å²) in [5.74, 6) is 0.402. The lowest BCUT2D eigenvalue weighted by atomic mass is 10.0. The van der Waals surface area contributed by atoms with E-state index in [4.69, 9.17) is 4.74 Å². The number of hydrogen-bond donors (Lipinski definition) is 1. The normalized spacial score (nSPS) is 19.7. The molecule has 2 heterocycles. The van der Waals surface area contributed by atoms with Crippen LogP contribution in [0.3, 0.4) is 0 Å². The van der Waals surface area contributed by atoms with Crippen LogP contribution in [-0.2, 0) is 11.3 Å². The second-order valence-corrected chi connectivity index (χ2v) is 4.54. The lowest BCUT2D eigenvalue weighted by Gasteiger charge is -2.32. The van der Waals surface area contributed by atoms with Crippen LogP contribution in [0.15, 0.2) is 24.4 Å². The van der Waals surface area contributed by atoms with E-state index in [0.29, 0.717) is 19.1 Å². The summed E-state index contributed by atoms with van der Waals surface area (Å²) in [5, 5.41) is 3.12. The number of carbonyl (C=O) groups is 1. The van der Waals surface area contributed by atoms with Crippen molar-refractivity contribution in [3.63, 3.8) is 0 Å². The van der Waals surface area contributed by atoms with Crippen LogP contribution in [0.4, 0.5) is 4.79 Å². The van der Waals surface area contributed by atoms with Crippen LogP contribution in [0.25, 0.3) is 0 Å². The molecule has 0 radical (unpaired) electrons. The number of nitrogens with zero attached hydrogens (tertiary/aromatic N) is 2. The van der Waals surface area contributed by atoms with Crippen LogP contribution in [0, 0.1) is 5.92 Å². The Bertz CT molecular complexity index is 383. The van der Waals surface area contributed by atoms with Gasteiger partial charge in [-0.15, -0.1) is 0 Å². The highest BCUT2D eigenvalue weighted by Crippen LogP contribution is 2.16. The van der Waals surface area contributed by atoms with Gasteiger partial charge in [0.2, 0.25) is 0 Å². The summed E-state index contributed by atoms with van der Waals surface area (Å²) in [5.41, 5.74) is 0.892. The Hall–Kier alpha value is -1.62. The van der Waals surface area contributed by atoms with Crippen LogP contribution in [-0.4, -0.2) is 42.7 Å². The molecular formula is C13H19N3O2. The average molecular weight is 249 g/mol. The van der Waals surface area contributed by atoms with Gasteiger partial charge in [-0.2, -0.15) is 0 Å². The minimum absolute atomic E-state index is 0.235. The number of ether oxygens (including phenoxy) is 1. The van der Waals surface area contributed by atoms with Crippen molar-refractivity contribution >= 4 is 6.09 Å². The molecule has 1 N–H and O–H groups in total. The molecule has 1 saturated heterocycles. The summed E-state index contributed by atoms with van der Waals surface area (Å²) in [7, 11) is 1.93. The Kier molecular flexibility index (Phi) is 4.52. The average Bonchev–Trinajstić information content (AvgIpc) is 2.41. The Morgan fingerprint density at radius 1 is 1.56 bits per heavy atom. The number of pyridine rings is 1. The van der Waals surface area contributed by atoms with Gasteiger partial charge in [-0.25, -0.2) is 4.79 Å². The van der Waals surface area contributed by atoms with E-state index in [0.717, 1.165) is 25.2 Å². The SMILES string of the molecule is CNCCC1COC(=O)N(Cc2ccccn2)C1. The monoisotopic (exact) mass is 249 g/mol. The summed E-state index contributed by atoms with van der Waals surface area (Å²) in [6, 6.07) is 5.72. The van der Waals surface area contributed by atoms with Crippen LogP contribution in [0.1, 0.15) is 12.1 Å². The molecule has 1 aliphatic heterocycles. The molecule has 18 heavy (non-hydrogen) atoms. The van der Waals surface area contributed by atoms with Crippen LogP contribution < -0.4 is 5.32 Å². The van der Waals surface area contributed by atoms with E-state index < -0.39 is 0 Å². The first-order chi connectivity index (χ1) is 8.79. The molecular weight excluding hydrogens is 230 g/mol. The summed E-state index contributed by atoms with van der Waals surface area (Å²) in [6.45, 7) is 2.74. The Balaban J connectivity index is 1.91. The number of carbonyl (C=O) groups excluding carboxylic acids is 1. The van der Waals surface area contributed by atoms with Crippen molar-refractivity contribution in [2.45, 2.75) is 13.0 Å². The van der Waals surface area contributed by atoms with Gasteiger partial charge in [0.15, 0.2) is 0 Å². The molecule has 1 aliphatic rings. The van der Waals surface area contributed by atoms with Gasteiger partial charge in [0, 0.05) is 18.7 Å². The maximum absolute atomic E-state index is 11.7. The van der Waals surface area contributed by atoms with Gasteiger partial charge in [-0.05, 0) is 32.1 Å². The third kappa shape index (κ3) is 3.43. The Morgan fingerprint density at radius 2 is 2.44 bits per heavy atom. The van der Waals surface area contributed by atoms with Crippen molar-refractivity contribution in [3.05, 3.63) is 30.1 Å². The van der Waals surface area contributed by atoms with Gasteiger partial charge in [0.1, 0.15) is 0 Å². The van der Waals surface area contributed by atoms with Gasteiger partial charge >= 0.3 is 6.09 Å². The van der Waals surface area contributed by atoms with Crippen LogP contribution in [0.2, 0.25) is 0 Å². The van der Waals surface area contributed by atoms with Gasteiger partial charge in [-0.1, -0.05) is 6.07 Å². The molecule has 2 rings (SSSR count). The smallest absolute Gasteiger partial charge is 0.410 e. The van der Waals surface area contributed by atoms with Crippen LogP contribution >= 0.6 is 0 Å². The van der Waals surface area contributed by atoms with E-state index in [9.17, 15) is 4.79 Å². The Labute approximate surface area is 107 Å². The molecule has 1 atom stereocenters. The molecule has 0 aromatic carbocycles. The summed E-state index contributed by atoms with van der Waals surface area (Å²) in [6.07, 6.45) is 2.52. The van der Waals surface area contributed by atoms with E-state index in [2.05, 4.69) is 10.3 Å². The molecule has 5 nitrogen and oxygen atoms in total. The Morgan fingerprint density at radius 3 is 3.17 bits per heavy atom. The van der Waals surface area contributed by atoms with Crippen LogP contribution in [0.5, 0.6) is 0 Å². The molecule has 1 aromatic heterocycles. The first kappa shape index (κ1) is 12.8. The highest BCUT2D eigenvalue weighted by molar-refractivity contribution is 5.68. The zero-order valence-corrected chi connectivity index (χ0v) is 10.6. The third-order valence-corrected chi connectivity index (χ3v) is 3.06. The number of hydrogen-bond acceptors (Lipinski definition) is 4. The lowest BCUT2D eigenvalue weighted by Crippen LogP contribution is -2.43. The number of aromatic nitrogens is 1. The zero-order chi connectivity index (χ0) is 12.8. The highest BCUT2D eigenvalue weighted by Gasteiger charge is 2.26. The van der Waals surface area contributed by atoms with Gasteiger partial charge in [0.05, 0.1) is 18.8 Å². The third-order valence-electron chi connectivity index (χ3n) is 3.06. The molecule has 1 fully saturated rings. The largest absolute Gasteiger partial charge is 0.449 e. The summed E-state index contributed by atoms with van der Waals surface area (Å²) in [4.78, 5) is 17.6. The van der Waals surface area contributed by atoms with E-state index in [-0.39, 0.29) is 6.09 Å². The molecule has 1 amide bonds. The minimum atomic E-state index is -0.235. The van der Waals surface area contributed by atoms with Gasteiger partial charge < -0.3 is 15.0 Å². The fourth-order valence-corrected chi connectivity index (χ4v) is 2.06. The maximum Gasteiger partial charge on any atom is 0.410 e. The quantitative estimate of drug-likeness (QED) is 0.853. The zero-order valence-electron chi connectivity index (χ0n) is 10.6. The lowest BCUT2D eigenvalue weighted by molar-refractivity contribution is 0.0376. The van der Waals surface area contributed by atoms with E-state index in [1.165, 1.54) is 0 Å². The molecule has 1 aromatic rings. The second kappa shape index (κ2) is 6.35. The first-order valence-electron chi connectivity index (χ1n) is 6.26. The minimum Gasteiger partial charge on any atom is -0.449 e. The van der Waals surface area contributed by atoms with E-state index >= 15 is 0 Å². The molecule has 0 aliphatic carbocycles. The van der Waals surface area contributed by atoms with Crippen molar-refractivity contribution < 1.29 is 9.53 Å². The first-order valence-corrected chi connectivity index (χ1v) is 6.26. The molecule has 0 saturated carbocycles. The molecule has 0 spiro atoms. The topological polar surface area (TPSA) is 54.5 Å². The fraction of sp³-hybridized carbons (Fsp3) is 0.538. The summed E-state index contributed by atoms with van der Waals surface area (Å²) < 4.78 is 5.20. The number of cyclic esters (lactones) is 1. The summed E-state index contributed by atoms with van der Waals surface area (Å²) >= 11 is 0. The fourth-order valence-electron chi connectivity index (χ4n) is 2.06. The number of amides is 1. The maximum atomic E-state index is 11.7. The van der Waals surface area contributed by atoms with Gasteiger partial charge in [0.25, 0.3) is 0 Å². The van der Waals surface area contributed by atoms with Crippen molar-refractivity contribution in [1.29, 1.82) is 0 Å². The molecule has 5 heteroatoms. The molecule has 98 valence electrons. The van der Waals surface area contributed by atoms with Gasteiger partial charge in [-0.3, -0.25) is 4.98 Å². The van der Waals surface area contributed by atoms with E-state index in [1.807, 2.05) is 25.2 Å². The predicted molar refractivity (Wildman–Crippen MR) is 68.0 cm³/mol. The van der Waals surface area contributed by atoms with Crippen molar-refractivity contribution in [1.82, 2.24) is 15.2 Å². The van der Waals surface area contributed by atoms with E-state index in [1.54, 1.807) is 11.1 Å². The van der Waals surface area contributed by atoms with Crippen molar-refractivity contribution in [2.75, 3.05) is 26.7 Å². The van der Waals surface area contributed by atoms with Crippen molar-refractivity contribution in [3.8, 4) is 0 Å². The number of nitrogens with one attached hydrogen (secondary N) is 1. The molecule has 1 unspecified atom stereocenters. The standard InChI is InChI=1S/C13H19N3O2/c1-14-7-5-11-8-16(13(17)18-10-11)9-12-4-2-3-6-15-12/h2-4,6,11,14H,5,7-10H2,1H3. The highest BCUT2D eigenvalue weighted by atomic mass is 16.6. The predicted octanol–water partition coefficient (Wildman–Crippen LogP) is 1.26.